The van der Waals surface area contributed by atoms with Crippen molar-refractivity contribution >= 4 is 5.91 Å². The highest BCUT2D eigenvalue weighted by molar-refractivity contribution is 5.76. The molecule has 1 saturated heterocycles. The summed E-state index contributed by atoms with van der Waals surface area (Å²) in [5.41, 5.74) is 0. The number of ether oxygens (including phenoxy) is 2. The molecule has 1 aliphatic carbocycles. The van der Waals surface area contributed by atoms with E-state index < -0.39 is 5.79 Å². The molecule has 0 atom stereocenters. The summed E-state index contributed by atoms with van der Waals surface area (Å²) in [4.78, 5) is 11.4. The molecule has 0 aromatic rings. The van der Waals surface area contributed by atoms with Crippen molar-refractivity contribution in [3.63, 3.8) is 0 Å². The molecule has 2 rings (SSSR count). The maximum Gasteiger partial charge on any atom is 0.220 e. The number of rotatable bonds is 6. The zero-order valence-electron chi connectivity index (χ0n) is 11.3. The molecule has 1 amide bonds. The van der Waals surface area contributed by atoms with E-state index in [-0.39, 0.29) is 11.9 Å². The number of carbonyl (C=O) groups is 1. The minimum Gasteiger partial charge on any atom is -0.353 e. The van der Waals surface area contributed by atoms with Gasteiger partial charge in [-0.05, 0) is 39.7 Å². The van der Waals surface area contributed by atoms with Crippen LogP contribution in [0, 0.1) is 0 Å². The molecule has 5 heteroatoms. The van der Waals surface area contributed by atoms with Gasteiger partial charge in [-0.15, -0.1) is 0 Å². The predicted octanol–water partition coefficient (Wildman–Crippen LogP) is 0.786. The van der Waals surface area contributed by atoms with Crippen LogP contribution in [0.15, 0.2) is 0 Å². The first kappa shape index (κ1) is 13.8. The topological polar surface area (TPSA) is 59.6 Å². The van der Waals surface area contributed by atoms with Gasteiger partial charge in [0.1, 0.15) is 0 Å². The van der Waals surface area contributed by atoms with Crippen LogP contribution in [-0.4, -0.2) is 43.5 Å². The zero-order chi connectivity index (χ0) is 13.0. The Kier molecular flexibility index (Phi) is 4.59. The molecule has 1 saturated carbocycles. The molecule has 0 spiro atoms. The van der Waals surface area contributed by atoms with Crippen LogP contribution in [-0.2, 0) is 14.3 Å². The fourth-order valence-electron chi connectivity index (χ4n) is 1.89. The number of carbonyl (C=O) groups excluding carboxylic acids is 1. The van der Waals surface area contributed by atoms with E-state index in [0.717, 1.165) is 25.8 Å². The van der Waals surface area contributed by atoms with E-state index in [4.69, 9.17) is 9.47 Å². The molecule has 0 radical (unpaired) electrons. The van der Waals surface area contributed by atoms with Gasteiger partial charge in [-0.2, -0.15) is 0 Å². The smallest absolute Gasteiger partial charge is 0.220 e. The van der Waals surface area contributed by atoms with Crippen molar-refractivity contribution in [1.29, 1.82) is 0 Å². The molecule has 0 aromatic carbocycles. The maximum atomic E-state index is 11.4. The second kappa shape index (κ2) is 5.99. The van der Waals surface area contributed by atoms with Crippen LogP contribution in [0.5, 0.6) is 0 Å². The van der Waals surface area contributed by atoms with Crippen molar-refractivity contribution in [1.82, 2.24) is 10.6 Å². The molecule has 2 fully saturated rings. The normalized spacial score (nSPS) is 23.9. The summed E-state index contributed by atoms with van der Waals surface area (Å²) in [5.74, 6) is -0.279. The summed E-state index contributed by atoms with van der Waals surface area (Å²) < 4.78 is 11.1. The third-order valence-electron chi connectivity index (χ3n) is 3.22. The molecule has 1 aliphatic heterocycles. The van der Waals surface area contributed by atoms with Crippen molar-refractivity contribution in [3.8, 4) is 0 Å². The van der Waals surface area contributed by atoms with E-state index in [2.05, 4.69) is 10.6 Å². The average molecular weight is 256 g/mol. The largest absolute Gasteiger partial charge is 0.353 e. The van der Waals surface area contributed by atoms with Crippen molar-refractivity contribution in [3.05, 3.63) is 0 Å². The van der Waals surface area contributed by atoms with Crippen molar-refractivity contribution < 1.29 is 14.3 Å². The molecule has 0 unspecified atom stereocenters. The Bertz CT molecular complexity index is 280. The first-order chi connectivity index (χ1) is 8.55. The SMILES string of the molecule is CC1(C)OCC(NCCCC(=O)NC2CC2)CO1. The summed E-state index contributed by atoms with van der Waals surface area (Å²) in [6.07, 6.45) is 3.76. The van der Waals surface area contributed by atoms with Gasteiger partial charge in [-0.25, -0.2) is 0 Å². The zero-order valence-corrected chi connectivity index (χ0v) is 11.3. The van der Waals surface area contributed by atoms with E-state index in [0.29, 0.717) is 25.7 Å². The fourth-order valence-corrected chi connectivity index (χ4v) is 1.89. The summed E-state index contributed by atoms with van der Waals surface area (Å²) in [6, 6.07) is 0.706. The van der Waals surface area contributed by atoms with E-state index >= 15 is 0 Å². The van der Waals surface area contributed by atoms with Gasteiger partial charge in [0, 0.05) is 12.5 Å². The Morgan fingerprint density at radius 2 is 1.89 bits per heavy atom. The molecule has 5 nitrogen and oxygen atoms in total. The predicted molar refractivity (Wildman–Crippen MR) is 68.2 cm³/mol. The van der Waals surface area contributed by atoms with Crippen LogP contribution < -0.4 is 10.6 Å². The molecule has 2 aliphatic rings. The van der Waals surface area contributed by atoms with Gasteiger partial charge in [0.15, 0.2) is 5.79 Å². The maximum absolute atomic E-state index is 11.4. The Morgan fingerprint density at radius 1 is 1.22 bits per heavy atom. The fraction of sp³-hybridized carbons (Fsp3) is 0.923. The van der Waals surface area contributed by atoms with Crippen LogP contribution in [0.25, 0.3) is 0 Å². The highest BCUT2D eigenvalue weighted by Crippen LogP contribution is 2.19. The second-order valence-corrected chi connectivity index (χ2v) is 5.62. The molecule has 18 heavy (non-hydrogen) atoms. The van der Waals surface area contributed by atoms with Gasteiger partial charge in [0.05, 0.1) is 19.3 Å². The lowest BCUT2D eigenvalue weighted by Gasteiger charge is -2.35. The first-order valence-electron chi connectivity index (χ1n) is 6.86. The van der Waals surface area contributed by atoms with Crippen LogP contribution in [0.2, 0.25) is 0 Å². The molecule has 1 heterocycles. The van der Waals surface area contributed by atoms with Gasteiger partial charge in [0.25, 0.3) is 0 Å². The van der Waals surface area contributed by atoms with Gasteiger partial charge in [-0.3, -0.25) is 4.79 Å². The lowest BCUT2D eigenvalue weighted by molar-refractivity contribution is -0.252. The Hall–Kier alpha value is -0.650. The van der Waals surface area contributed by atoms with Crippen molar-refractivity contribution in [2.45, 2.75) is 57.4 Å². The monoisotopic (exact) mass is 256 g/mol. The summed E-state index contributed by atoms with van der Waals surface area (Å²) in [6.45, 7) is 6.01. The molecular weight excluding hydrogens is 232 g/mol. The van der Waals surface area contributed by atoms with Gasteiger partial charge in [-0.1, -0.05) is 0 Å². The van der Waals surface area contributed by atoms with Crippen molar-refractivity contribution in [2.24, 2.45) is 0 Å². The Labute approximate surface area is 109 Å². The van der Waals surface area contributed by atoms with Crippen LogP contribution in [0.3, 0.4) is 0 Å². The van der Waals surface area contributed by atoms with E-state index in [1.807, 2.05) is 13.8 Å². The molecule has 0 aromatic heterocycles. The molecular formula is C13H24N2O3. The minimum atomic E-state index is -0.456. The Balaban J connectivity index is 1.49. The van der Waals surface area contributed by atoms with Crippen LogP contribution in [0.1, 0.15) is 39.5 Å². The number of amides is 1. The number of hydrogen-bond acceptors (Lipinski definition) is 4. The molecule has 2 N–H and O–H groups in total. The lowest BCUT2D eigenvalue weighted by Crippen LogP contribution is -2.48. The molecule has 0 bridgehead atoms. The third kappa shape index (κ3) is 4.92. The van der Waals surface area contributed by atoms with Crippen LogP contribution >= 0.6 is 0 Å². The number of hydrogen-bond donors (Lipinski definition) is 2. The standard InChI is InChI=1S/C13H24N2O3/c1-13(2)17-8-11(9-18-13)14-7-3-4-12(16)15-10-5-6-10/h10-11,14H,3-9H2,1-2H3,(H,15,16). The lowest BCUT2D eigenvalue weighted by atomic mass is 10.2. The van der Waals surface area contributed by atoms with E-state index in [9.17, 15) is 4.79 Å². The van der Waals surface area contributed by atoms with E-state index in [1.165, 1.54) is 0 Å². The van der Waals surface area contributed by atoms with Gasteiger partial charge >= 0.3 is 0 Å². The highest BCUT2D eigenvalue weighted by atomic mass is 16.7. The van der Waals surface area contributed by atoms with Gasteiger partial charge in [0.2, 0.25) is 5.91 Å². The average Bonchev–Trinajstić information content (AvgIpc) is 3.10. The summed E-state index contributed by atoms with van der Waals surface area (Å²) in [7, 11) is 0. The Morgan fingerprint density at radius 3 is 2.50 bits per heavy atom. The van der Waals surface area contributed by atoms with E-state index in [1.54, 1.807) is 0 Å². The highest BCUT2D eigenvalue weighted by Gasteiger charge is 2.27. The first-order valence-corrected chi connectivity index (χ1v) is 6.86. The minimum absolute atomic E-state index is 0.177. The molecule has 104 valence electrons. The summed E-state index contributed by atoms with van der Waals surface area (Å²) >= 11 is 0. The van der Waals surface area contributed by atoms with Crippen molar-refractivity contribution in [2.75, 3.05) is 19.8 Å². The van der Waals surface area contributed by atoms with Crippen LogP contribution in [0.4, 0.5) is 0 Å². The quantitative estimate of drug-likeness (QED) is 0.690. The second-order valence-electron chi connectivity index (χ2n) is 5.62. The number of nitrogens with one attached hydrogen (secondary N) is 2. The third-order valence-corrected chi connectivity index (χ3v) is 3.22. The van der Waals surface area contributed by atoms with Gasteiger partial charge < -0.3 is 20.1 Å². The summed E-state index contributed by atoms with van der Waals surface area (Å²) in [5, 5.41) is 6.34.